The minimum Gasteiger partial charge on any atom is -0.377 e. The van der Waals surface area contributed by atoms with Crippen molar-refractivity contribution in [2.45, 2.75) is 44.3 Å². The van der Waals surface area contributed by atoms with Gasteiger partial charge in [-0.15, -0.1) is 5.10 Å². The Hall–Kier alpha value is -4.84. The van der Waals surface area contributed by atoms with Gasteiger partial charge in [-0.05, 0) is 54.7 Å². The van der Waals surface area contributed by atoms with Crippen LogP contribution in [0.1, 0.15) is 68.0 Å². The van der Waals surface area contributed by atoms with Crippen LogP contribution in [0.2, 0.25) is 0 Å². The summed E-state index contributed by atoms with van der Waals surface area (Å²) in [5.41, 5.74) is 2.80. The molecule has 2 heterocycles. The molecular weight excluding hydrogens is 508 g/mol. The molecule has 0 saturated heterocycles. The van der Waals surface area contributed by atoms with Crippen molar-refractivity contribution in [2.75, 3.05) is 10.6 Å². The topological polar surface area (TPSA) is 91.5 Å². The second kappa shape index (κ2) is 10.7. The van der Waals surface area contributed by atoms with E-state index in [1.807, 2.05) is 37.3 Å². The van der Waals surface area contributed by atoms with Crippen molar-refractivity contribution in [1.29, 1.82) is 5.26 Å². The third kappa shape index (κ3) is 5.08. The summed E-state index contributed by atoms with van der Waals surface area (Å²) < 4.78 is 40.6. The van der Waals surface area contributed by atoms with Gasteiger partial charge < -0.3 is 10.6 Å². The zero-order chi connectivity index (χ0) is 28.6. The van der Waals surface area contributed by atoms with Crippen LogP contribution in [0.3, 0.4) is 0 Å². The predicted molar refractivity (Wildman–Crippen MR) is 150 cm³/mol. The van der Waals surface area contributed by atoms with Crippen molar-refractivity contribution in [2.24, 2.45) is 0 Å². The van der Waals surface area contributed by atoms with E-state index in [0.29, 0.717) is 16.6 Å². The number of nitrogens with zero attached hydrogens (tertiary/aromatic N) is 5. The number of aromatic nitrogens is 4. The number of benzene rings is 3. The molecule has 1 aliphatic rings. The van der Waals surface area contributed by atoms with Gasteiger partial charge in [-0.25, -0.2) is 13.5 Å². The van der Waals surface area contributed by atoms with Crippen LogP contribution < -0.4 is 10.6 Å². The van der Waals surface area contributed by atoms with Crippen LogP contribution in [0.25, 0.3) is 10.9 Å². The van der Waals surface area contributed by atoms with Crippen LogP contribution in [-0.4, -0.2) is 20.0 Å². The van der Waals surface area contributed by atoms with Gasteiger partial charge in [-0.1, -0.05) is 54.6 Å². The first kappa shape index (κ1) is 24.2. The van der Waals surface area contributed by atoms with Crippen molar-refractivity contribution in [3.05, 3.63) is 113 Å². The predicted octanol–water partition coefficient (Wildman–Crippen LogP) is 7.08. The summed E-state index contributed by atoms with van der Waals surface area (Å²) in [4.78, 5) is 4.23. The highest BCUT2D eigenvalue weighted by atomic mass is 19.1. The van der Waals surface area contributed by atoms with Crippen LogP contribution in [-0.2, 0) is 0 Å². The number of hydrogen-bond acceptors (Lipinski definition) is 6. The Labute approximate surface area is 231 Å². The Morgan fingerprint density at radius 1 is 1.07 bits per heavy atom. The fraction of sp³-hybridized carbons (Fsp3) is 0.226. The quantitative estimate of drug-likeness (QED) is 0.209. The van der Waals surface area contributed by atoms with Crippen LogP contribution in [0.5, 0.6) is 0 Å². The summed E-state index contributed by atoms with van der Waals surface area (Å²) in [7, 11) is 0. The number of anilines is 2. The molecule has 2 aromatic heterocycles. The average molecular weight is 537 g/mol. The molecule has 40 heavy (non-hydrogen) atoms. The average Bonchev–Trinajstić information content (AvgIpc) is 3.72. The molecule has 0 unspecified atom stereocenters. The molecule has 9 heteroatoms. The number of halogens is 2. The summed E-state index contributed by atoms with van der Waals surface area (Å²) in [5, 5.41) is 25.4. The standard InChI is InChI=1S/C31H27F2N7/c1-2-27(19-6-4-3-5-7-19)37-29-21(16-34)17-35-31-25(29)14-23(15-26(31)33)36-30(20-8-10-22(32)11-9-20)28-18-40(39-38-28)24-12-13-24/h3-11,14-15,17-18,24,27,30,36H,2,12-13H2,1H3,(H,35,37)/t27-,30+/m1/s1/i30D. The van der Waals surface area contributed by atoms with Crippen LogP contribution in [0.15, 0.2) is 79.1 Å². The van der Waals surface area contributed by atoms with E-state index in [9.17, 15) is 11.0 Å². The highest BCUT2D eigenvalue weighted by molar-refractivity contribution is 5.96. The second-order valence-corrected chi connectivity index (χ2v) is 9.85. The van der Waals surface area contributed by atoms with E-state index in [1.165, 1.54) is 36.5 Å². The zero-order valence-corrected chi connectivity index (χ0v) is 21.8. The van der Waals surface area contributed by atoms with Crippen molar-refractivity contribution in [3.63, 3.8) is 0 Å². The van der Waals surface area contributed by atoms with E-state index in [4.69, 9.17) is 0 Å². The molecule has 0 aliphatic heterocycles. The van der Waals surface area contributed by atoms with Gasteiger partial charge in [0.05, 0.1) is 36.9 Å². The van der Waals surface area contributed by atoms with Gasteiger partial charge in [-0.3, -0.25) is 4.98 Å². The molecule has 0 bridgehead atoms. The molecule has 3 aromatic carbocycles. The third-order valence-corrected chi connectivity index (χ3v) is 7.06. The minimum absolute atomic E-state index is 0.0944. The normalized spacial score (nSPS) is 15.6. The second-order valence-electron chi connectivity index (χ2n) is 9.85. The highest BCUT2D eigenvalue weighted by Gasteiger charge is 2.27. The lowest BCUT2D eigenvalue weighted by molar-refractivity contribution is 0.610. The Bertz CT molecular complexity index is 1750. The molecule has 0 spiro atoms. The van der Waals surface area contributed by atoms with Crippen molar-refractivity contribution in [3.8, 4) is 6.07 Å². The molecule has 2 atom stereocenters. The third-order valence-electron chi connectivity index (χ3n) is 7.06. The number of fused-ring (bicyclic) bond motifs is 1. The highest BCUT2D eigenvalue weighted by Crippen LogP contribution is 2.37. The van der Waals surface area contributed by atoms with Gasteiger partial charge >= 0.3 is 0 Å². The van der Waals surface area contributed by atoms with E-state index in [2.05, 4.69) is 32.0 Å². The smallest absolute Gasteiger partial charge is 0.151 e. The largest absolute Gasteiger partial charge is 0.377 e. The van der Waals surface area contributed by atoms with Gasteiger partial charge in [0.1, 0.15) is 23.1 Å². The Kier molecular flexibility index (Phi) is 6.50. The molecule has 2 N–H and O–H groups in total. The Morgan fingerprint density at radius 3 is 2.55 bits per heavy atom. The number of rotatable bonds is 9. The first-order valence-corrected chi connectivity index (χ1v) is 13.2. The molecule has 200 valence electrons. The fourth-order valence-electron chi connectivity index (χ4n) is 4.81. The van der Waals surface area contributed by atoms with Gasteiger partial charge in [-0.2, -0.15) is 5.26 Å². The fourth-order valence-corrected chi connectivity index (χ4v) is 4.81. The zero-order valence-electron chi connectivity index (χ0n) is 22.8. The summed E-state index contributed by atoms with van der Waals surface area (Å²) >= 11 is 0. The number of nitriles is 1. The van der Waals surface area contributed by atoms with Crippen LogP contribution >= 0.6 is 0 Å². The first-order valence-electron chi connectivity index (χ1n) is 13.7. The number of pyridine rings is 1. The SMILES string of the molecule is [2H][C@](Nc1cc(F)c2ncc(C#N)c(N[C@H](CC)c3ccccc3)c2c1)(c1ccc(F)cc1)c1cn(C2CC2)nn1. The first-order chi connectivity index (χ1) is 19.9. The van der Waals surface area contributed by atoms with E-state index < -0.39 is 17.7 Å². The molecule has 5 aromatic rings. The maximum Gasteiger partial charge on any atom is 0.151 e. The molecule has 7 nitrogen and oxygen atoms in total. The minimum atomic E-state index is -1.72. The lowest BCUT2D eigenvalue weighted by Crippen LogP contribution is -2.14. The van der Waals surface area contributed by atoms with Gasteiger partial charge in [0.2, 0.25) is 0 Å². The van der Waals surface area contributed by atoms with Gasteiger partial charge in [0.25, 0.3) is 0 Å². The molecule has 1 saturated carbocycles. The number of nitrogens with one attached hydrogen (secondary N) is 2. The molecule has 1 fully saturated rings. The molecule has 0 amide bonds. The number of hydrogen-bond donors (Lipinski definition) is 2. The molecular formula is C31H27F2N7. The Morgan fingerprint density at radius 2 is 1.85 bits per heavy atom. The van der Waals surface area contributed by atoms with E-state index in [1.54, 1.807) is 16.9 Å². The lowest BCUT2D eigenvalue weighted by Gasteiger charge is -2.22. The summed E-state index contributed by atoms with van der Waals surface area (Å²) in [6.45, 7) is 2.03. The lowest BCUT2D eigenvalue weighted by atomic mass is 10.0. The van der Waals surface area contributed by atoms with E-state index in [0.717, 1.165) is 24.8 Å². The maximum absolute atomic E-state index is 15.6. The van der Waals surface area contributed by atoms with Crippen LogP contribution in [0.4, 0.5) is 20.2 Å². The van der Waals surface area contributed by atoms with Crippen molar-refractivity contribution in [1.82, 2.24) is 20.0 Å². The summed E-state index contributed by atoms with van der Waals surface area (Å²) in [6, 6.07) is 18.8. The van der Waals surface area contributed by atoms with Gasteiger partial charge in [0, 0.05) is 17.3 Å². The molecule has 6 rings (SSSR count). The van der Waals surface area contributed by atoms with Crippen LogP contribution in [0, 0.1) is 23.0 Å². The maximum atomic E-state index is 15.6. The molecule has 1 aliphatic carbocycles. The summed E-state index contributed by atoms with van der Waals surface area (Å²) in [5.74, 6) is -1.06. The van der Waals surface area contributed by atoms with E-state index >= 15 is 4.39 Å². The Balaban J connectivity index is 1.46. The summed E-state index contributed by atoms with van der Waals surface area (Å²) in [6.07, 6.45) is 5.75. The van der Waals surface area contributed by atoms with Crippen molar-refractivity contribution >= 4 is 22.3 Å². The van der Waals surface area contributed by atoms with Crippen molar-refractivity contribution < 1.29 is 10.2 Å². The molecule has 0 radical (unpaired) electrons. The van der Waals surface area contributed by atoms with E-state index in [-0.39, 0.29) is 34.5 Å². The van der Waals surface area contributed by atoms with Gasteiger partial charge in [0.15, 0.2) is 5.82 Å². The monoisotopic (exact) mass is 536 g/mol.